The molecule has 0 fully saturated rings. The van der Waals surface area contributed by atoms with Crippen LogP contribution in [-0.4, -0.2) is 53.0 Å². The molecule has 0 radical (unpaired) electrons. The first-order valence-corrected chi connectivity index (χ1v) is 11.8. The van der Waals surface area contributed by atoms with E-state index in [1.807, 2.05) is 58.0 Å². The number of hydrogen-bond donors (Lipinski definition) is 5. The minimum absolute atomic E-state index is 0.110. The fourth-order valence-corrected chi connectivity index (χ4v) is 3.34. The van der Waals surface area contributed by atoms with Crippen molar-refractivity contribution in [2.45, 2.75) is 78.6 Å². The highest BCUT2D eigenvalue weighted by Crippen LogP contribution is 2.12. The number of rotatable bonds is 13. The van der Waals surface area contributed by atoms with Crippen LogP contribution in [0.4, 0.5) is 0 Å². The topological polar surface area (TPSA) is 151 Å². The van der Waals surface area contributed by atoms with Crippen LogP contribution in [0.25, 0.3) is 0 Å². The van der Waals surface area contributed by atoms with Crippen LogP contribution in [0.5, 0.6) is 0 Å². The molecule has 0 aromatic heterocycles. The van der Waals surface area contributed by atoms with Gasteiger partial charge in [0, 0.05) is 6.42 Å². The van der Waals surface area contributed by atoms with Gasteiger partial charge in [-0.2, -0.15) is 0 Å². The van der Waals surface area contributed by atoms with Gasteiger partial charge in [0.25, 0.3) is 0 Å². The molecule has 0 aliphatic heterocycles. The molecule has 6 N–H and O–H groups in total. The van der Waals surface area contributed by atoms with Crippen molar-refractivity contribution in [2.24, 2.45) is 23.5 Å². The van der Waals surface area contributed by atoms with Gasteiger partial charge in [-0.25, -0.2) is 4.79 Å². The first-order chi connectivity index (χ1) is 15.9. The average molecular weight is 477 g/mol. The van der Waals surface area contributed by atoms with Crippen LogP contribution in [0.1, 0.15) is 53.5 Å². The van der Waals surface area contributed by atoms with Gasteiger partial charge in [-0.15, -0.1) is 0 Å². The molecule has 0 spiro atoms. The van der Waals surface area contributed by atoms with E-state index in [-0.39, 0.29) is 24.2 Å². The predicted octanol–water partition coefficient (Wildman–Crippen LogP) is 1.45. The monoisotopic (exact) mass is 476 g/mol. The van der Waals surface area contributed by atoms with Gasteiger partial charge in [-0.1, -0.05) is 78.3 Å². The van der Waals surface area contributed by atoms with Crippen molar-refractivity contribution in [2.75, 3.05) is 0 Å². The Kier molecular flexibility index (Phi) is 11.7. The quantitative estimate of drug-likeness (QED) is 0.291. The summed E-state index contributed by atoms with van der Waals surface area (Å²) in [7, 11) is 0. The first kappa shape index (κ1) is 29.1. The summed E-state index contributed by atoms with van der Waals surface area (Å²) < 4.78 is 0. The van der Waals surface area contributed by atoms with E-state index < -0.39 is 47.9 Å². The molecule has 0 bridgehead atoms. The number of nitrogens with two attached hydrogens (primary N) is 1. The Bertz CT molecular complexity index is 828. The SMILES string of the molecule is CCC(C)C(NC(=O)C(N)C(C)C)C(=O)NC(Cc1ccccc1)C(=O)NC(C(=O)O)C(C)C. The summed E-state index contributed by atoms with van der Waals surface area (Å²) in [6.07, 6.45) is 0.773. The van der Waals surface area contributed by atoms with E-state index in [2.05, 4.69) is 16.0 Å². The molecule has 5 atom stereocenters. The summed E-state index contributed by atoms with van der Waals surface area (Å²) in [6, 6.07) is 5.31. The van der Waals surface area contributed by atoms with Crippen molar-refractivity contribution < 1.29 is 24.3 Å². The third-order valence-electron chi connectivity index (χ3n) is 5.96. The van der Waals surface area contributed by atoms with Crippen molar-refractivity contribution in [3.63, 3.8) is 0 Å². The highest BCUT2D eigenvalue weighted by Gasteiger charge is 2.33. The van der Waals surface area contributed by atoms with Crippen molar-refractivity contribution in [1.29, 1.82) is 0 Å². The molecule has 0 saturated carbocycles. The van der Waals surface area contributed by atoms with E-state index >= 15 is 0 Å². The van der Waals surface area contributed by atoms with Gasteiger partial charge in [0.05, 0.1) is 6.04 Å². The lowest BCUT2D eigenvalue weighted by Crippen LogP contribution is -2.59. The van der Waals surface area contributed by atoms with E-state index in [1.54, 1.807) is 13.8 Å². The predicted molar refractivity (Wildman–Crippen MR) is 131 cm³/mol. The zero-order valence-corrected chi connectivity index (χ0v) is 21.0. The maximum absolute atomic E-state index is 13.3. The Hall–Kier alpha value is -2.94. The number of benzene rings is 1. The van der Waals surface area contributed by atoms with Crippen molar-refractivity contribution in [3.8, 4) is 0 Å². The highest BCUT2D eigenvalue weighted by molar-refractivity contribution is 5.94. The van der Waals surface area contributed by atoms with Gasteiger partial charge in [-0.05, 0) is 23.3 Å². The number of aliphatic carboxylic acids is 1. The standard InChI is InChI=1S/C25H40N4O5/c1-7-16(6)21(29-23(31)19(26)14(2)3)24(32)27-18(13-17-11-9-8-10-12-17)22(30)28-20(15(4)5)25(33)34/h8-12,14-16,18-21H,7,13,26H2,1-6H3,(H,27,32)(H,28,30)(H,29,31)(H,33,34). The van der Waals surface area contributed by atoms with Gasteiger partial charge < -0.3 is 26.8 Å². The van der Waals surface area contributed by atoms with Gasteiger partial charge in [-0.3, -0.25) is 14.4 Å². The average Bonchev–Trinajstić information content (AvgIpc) is 2.79. The fraction of sp³-hybridized carbons (Fsp3) is 0.600. The van der Waals surface area contributed by atoms with Gasteiger partial charge in [0.1, 0.15) is 18.1 Å². The number of nitrogens with one attached hydrogen (secondary N) is 3. The third-order valence-corrected chi connectivity index (χ3v) is 5.96. The molecule has 0 aliphatic carbocycles. The largest absolute Gasteiger partial charge is 0.480 e. The lowest BCUT2D eigenvalue weighted by molar-refractivity contribution is -0.143. The van der Waals surface area contributed by atoms with Crippen molar-refractivity contribution >= 4 is 23.7 Å². The number of carboxylic acid groups (broad SMARTS) is 1. The molecule has 1 aromatic carbocycles. The Morgan fingerprint density at radius 1 is 0.824 bits per heavy atom. The zero-order valence-electron chi connectivity index (χ0n) is 21.0. The molecule has 1 aromatic rings. The molecule has 9 nitrogen and oxygen atoms in total. The smallest absolute Gasteiger partial charge is 0.326 e. The van der Waals surface area contributed by atoms with Gasteiger partial charge >= 0.3 is 5.97 Å². The van der Waals surface area contributed by atoms with Crippen LogP contribution in [-0.2, 0) is 25.6 Å². The molecule has 9 heteroatoms. The minimum Gasteiger partial charge on any atom is -0.480 e. The van der Waals surface area contributed by atoms with E-state index in [1.165, 1.54) is 0 Å². The van der Waals surface area contributed by atoms with Crippen LogP contribution < -0.4 is 21.7 Å². The molecule has 3 amide bonds. The second-order valence-corrected chi connectivity index (χ2v) is 9.46. The second kappa shape index (κ2) is 13.7. The number of amides is 3. The summed E-state index contributed by atoms with van der Waals surface area (Å²) in [5.74, 6) is -3.39. The van der Waals surface area contributed by atoms with Crippen molar-refractivity contribution in [1.82, 2.24) is 16.0 Å². The first-order valence-electron chi connectivity index (χ1n) is 11.8. The van der Waals surface area contributed by atoms with Crippen LogP contribution in [0.15, 0.2) is 30.3 Å². The lowest BCUT2D eigenvalue weighted by Gasteiger charge is -2.29. The Morgan fingerprint density at radius 2 is 1.38 bits per heavy atom. The van der Waals surface area contributed by atoms with Gasteiger partial charge in [0.2, 0.25) is 17.7 Å². The summed E-state index contributed by atoms with van der Waals surface area (Å²) in [5, 5.41) is 17.5. The Labute approximate surface area is 202 Å². The van der Waals surface area contributed by atoms with Crippen molar-refractivity contribution in [3.05, 3.63) is 35.9 Å². The maximum Gasteiger partial charge on any atom is 0.326 e. The van der Waals surface area contributed by atoms with Crippen LogP contribution in [0.3, 0.4) is 0 Å². The number of carboxylic acids is 1. The van der Waals surface area contributed by atoms with Crippen LogP contribution >= 0.6 is 0 Å². The molecule has 0 aliphatic rings. The highest BCUT2D eigenvalue weighted by atomic mass is 16.4. The van der Waals surface area contributed by atoms with Gasteiger partial charge in [0.15, 0.2) is 0 Å². The number of carbonyl (C=O) groups is 4. The molecule has 5 unspecified atom stereocenters. The summed E-state index contributed by atoms with van der Waals surface area (Å²) in [6.45, 7) is 10.7. The van der Waals surface area contributed by atoms with Crippen LogP contribution in [0.2, 0.25) is 0 Å². The fourth-order valence-electron chi connectivity index (χ4n) is 3.34. The molecule has 0 saturated heterocycles. The second-order valence-electron chi connectivity index (χ2n) is 9.46. The summed E-state index contributed by atoms with van der Waals surface area (Å²) in [5.41, 5.74) is 6.75. The summed E-state index contributed by atoms with van der Waals surface area (Å²) in [4.78, 5) is 50.5. The van der Waals surface area contributed by atoms with E-state index in [0.29, 0.717) is 6.42 Å². The summed E-state index contributed by atoms with van der Waals surface area (Å²) >= 11 is 0. The third kappa shape index (κ3) is 8.78. The van der Waals surface area contributed by atoms with E-state index in [9.17, 15) is 24.3 Å². The molecule has 190 valence electrons. The minimum atomic E-state index is -1.15. The van der Waals surface area contributed by atoms with E-state index in [0.717, 1.165) is 5.56 Å². The van der Waals surface area contributed by atoms with Crippen LogP contribution in [0, 0.1) is 17.8 Å². The molecule has 0 heterocycles. The molecule has 1 rings (SSSR count). The normalized spacial score (nSPS) is 15.7. The number of carbonyl (C=O) groups excluding carboxylic acids is 3. The maximum atomic E-state index is 13.3. The molecular weight excluding hydrogens is 436 g/mol. The molecule has 34 heavy (non-hydrogen) atoms. The molecular formula is C25H40N4O5. The number of hydrogen-bond acceptors (Lipinski definition) is 5. The lowest BCUT2D eigenvalue weighted by atomic mass is 9.95. The Balaban J connectivity index is 3.16. The Morgan fingerprint density at radius 3 is 1.85 bits per heavy atom. The van der Waals surface area contributed by atoms with E-state index in [4.69, 9.17) is 5.73 Å². The zero-order chi connectivity index (χ0) is 26.0.